The van der Waals surface area contributed by atoms with Crippen molar-refractivity contribution in [3.63, 3.8) is 0 Å². The summed E-state index contributed by atoms with van der Waals surface area (Å²) < 4.78 is 0. The zero-order chi connectivity index (χ0) is 14.3. The highest BCUT2D eigenvalue weighted by atomic mass is 16.3. The molecule has 0 aliphatic carbocycles. The lowest BCUT2D eigenvalue weighted by Crippen LogP contribution is -2.11. The first-order valence-electron chi connectivity index (χ1n) is 7.12. The highest BCUT2D eigenvalue weighted by Gasteiger charge is 2.18. The summed E-state index contributed by atoms with van der Waals surface area (Å²) in [5.74, 6) is 0. The zero-order valence-electron chi connectivity index (χ0n) is 12.3. The average molecular weight is 267 g/mol. The Bertz CT molecular complexity index is 749. The van der Waals surface area contributed by atoms with Crippen molar-refractivity contribution in [2.75, 3.05) is 0 Å². The number of aromatic amines is 1. The van der Waals surface area contributed by atoms with Gasteiger partial charge in [-0.15, -0.1) is 0 Å². The van der Waals surface area contributed by atoms with Crippen LogP contribution in [-0.2, 0) is 0 Å². The number of hydrogen-bond acceptors (Lipinski definition) is 1. The maximum absolute atomic E-state index is 10.4. The van der Waals surface area contributed by atoms with Gasteiger partial charge in [-0.05, 0) is 35.6 Å². The number of rotatable bonds is 2. The Hall–Kier alpha value is -1.80. The number of hydrogen-bond donors (Lipinski definition) is 2. The monoisotopic (exact) mass is 267 g/mol. The first-order valence-corrected chi connectivity index (χ1v) is 7.12. The third kappa shape index (κ3) is 2.44. The molecule has 1 heterocycles. The van der Waals surface area contributed by atoms with Gasteiger partial charge in [0.05, 0.1) is 6.10 Å². The summed E-state index contributed by atoms with van der Waals surface area (Å²) in [6.07, 6.45) is 0.356. The predicted molar refractivity (Wildman–Crippen MR) is 84.8 cm³/mol. The van der Waals surface area contributed by atoms with E-state index < -0.39 is 6.10 Å². The topological polar surface area (TPSA) is 36.0 Å². The van der Waals surface area contributed by atoms with Crippen molar-refractivity contribution in [2.45, 2.75) is 33.3 Å². The molecule has 0 aliphatic rings. The van der Waals surface area contributed by atoms with Gasteiger partial charge in [0.25, 0.3) is 0 Å². The van der Waals surface area contributed by atoms with Gasteiger partial charge in [-0.3, -0.25) is 0 Å². The van der Waals surface area contributed by atoms with Crippen LogP contribution >= 0.6 is 0 Å². The lowest BCUT2D eigenvalue weighted by Gasteiger charge is -2.22. The third-order valence-corrected chi connectivity index (χ3v) is 3.72. The predicted octanol–water partition coefficient (Wildman–Crippen LogP) is 4.79. The largest absolute Gasteiger partial charge is 0.388 e. The van der Waals surface area contributed by atoms with Crippen molar-refractivity contribution in [2.24, 2.45) is 5.41 Å². The molecule has 1 atom stereocenters. The van der Waals surface area contributed by atoms with Gasteiger partial charge >= 0.3 is 0 Å². The number of H-pyrrole nitrogens is 1. The lowest BCUT2D eigenvalue weighted by atomic mass is 9.86. The number of para-hydroxylation sites is 1. The van der Waals surface area contributed by atoms with Crippen molar-refractivity contribution < 1.29 is 5.11 Å². The highest BCUT2D eigenvalue weighted by molar-refractivity contribution is 6.07. The minimum Gasteiger partial charge on any atom is -0.388 e. The number of aliphatic hydroxyl groups is 1. The molecule has 2 aromatic carbocycles. The Morgan fingerprint density at radius 1 is 1.00 bits per heavy atom. The minimum atomic E-state index is -0.409. The summed E-state index contributed by atoms with van der Waals surface area (Å²) in [7, 11) is 0. The van der Waals surface area contributed by atoms with E-state index in [1.807, 2.05) is 18.2 Å². The van der Waals surface area contributed by atoms with Crippen LogP contribution in [0.4, 0.5) is 0 Å². The molecule has 0 fully saturated rings. The van der Waals surface area contributed by atoms with E-state index in [0.717, 1.165) is 23.0 Å². The first-order chi connectivity index (χ1) is 9.44. The Balaban J connectivity index is 2.07. The molecule has 20 heavy (non-hydrogen) atoms. The molecule has 1 unspecified atom stereocenters. The van der Waals surface area contributed by atoms with Crippen molar-refractivity contribution >= 4 is 21.8 Å². The molecule has 2 heteroatoms. The molecule has 0 radical (unpaired) electrons. The summed E-state index contributed by atoms with van der Waals surface area (Å²) in [5, 5.41) is 12.8. The molecule has 1 aromatic heterocycles. The molecule has 0 saturated heterocycles. The van der Waals surface area contributed by atoms with Gasteiger partial charge in [-0.1, -0.05) is 45.0 Å². The van der Waals surface area contributed by atoms with Gasteiger partial charge in [0.2, 0.25) is 0 Å². The standard InChI is InChI=1S/C18H21NO/c1-18(2,3)11-17(20)12-8-9-16-14(10-12)13-6-4-5-7-15(13)19-16/h4-10,17,19-20H,11H2,1-3H3. The van der Waals surface area contributed by atoms with Gasteiger partial charge in [-0.2, -0.15) is 0 Å². The molecule has 2 nitrogen and oxygen atoms in total. The van der Waals surface area contributed by atoms with Crippen LogP contribution in [0.5, 0.6) is 0 Å². The van der Waals surface area contributed by atoms with E-state index in [-0.39, 0.29) is 5.41 Å². The molecule has 0 aliphatic heterocycles. The smallest absolute Gasteiger partial charge is 0.0795 e. The maximum atomic E-state index is 10.4. The normalized spacial score (nSPS) is 14.0. The molecule has 3 rings (SSSR count). The zero-order valence-corrected chi connectivity index (χ0v) is 12.3. The van der Waals surface area contributed by atoms with Gasteiger partial charge in [0.15, 0.2) is 0 Å². The number of fused-ring (bicyclic) bond motifs is 3. The Morgan fingerprint density at radius 2 is 1.70 bits per heavy atom. The highest BCUT2D eigenvalue weighted by Crippen LogP contribution is 2.32. The lowest BCUT2D eigenvalue weighted by molar-refractivity contribution is 0.122. The molecule has 0 amide bonds. The van der Waals surface area contributed by atoms with Gasteiger partial charge in [-0.25, -0.2) is 0 Å². The fourth-order valence-corrected chi connectivity index (χ4v) is 2.77. The molecular weight excluding hydrogens is 246 g/mol. The number of benzene rings is 2. The summed E-state index contributed by atoms with van der Waals surface area (Å²) in [6, 6.07) is 14.5. The van der Waals surface area contributed by atoms with E-state index in [2.05, 4.69) is 50.0 Å². The minimum absolute atomic E-state index is 0.120. The Morgan fingerprint density at radius 3 is 2.45 bits per heavy atom. The van der Waals surface area contributed by atoms with Gasteiger partial charge < -0.3 is 10.1 Å². The van der Waals surface area contributed by atoms with Crippen LogP contribution in [-0.4, -0.2) is 10.1 Å². The third-order valence-electron chi connectivity index (χ3n) is 3.72. The van der Waals surface area contributed by atoms with E-state index in [9.17, 15) is 5.11 Å². The van der Waals surface area contributed by atoms with E-state index in [1.165, 1.54) is 10.8 Å². The molecule has 0 bridgehead atoms. The fourth-order valence-electron chi connectivity index (χ4n) is 2.77. The molecule has 104 valence electrons. The fraction of sp³-hybridized carbons (Fsp3) is 0.333. The molecule has 3 aromatic rings. The summed E-state index contributed by atoms with van der Waals surface area (Å²) in [6.45, 7) is 6.46. The molecular formula is C18H21NO. The van der Waals surface area contributed by atoms with Crippen molar-refractivity contribution in [3.05, 3.63) is 48.0 Å². The summed E-state index contributed by atoms with van der Waals surface area (Å²) >= 11 is 0. The van der Waals surface area contributed by atoms with Crippen LogP contribution in [0, 0.1) is 5.41 Å². The van der Waals surface area contributed by atoms with Crippen LogP contribution in [0.1, 0.15) is 38.9 Å². The second-order valence-corrected chi connectivity index (χ2v) is 6.76. The molecule has 0 spiro atoms. The van der Waals surface area contributed by atoms with E-state index in [4.69, 9.17) is 0 Å². The average Bonchev–Trinajstić information content (AvgIpc) is 2.74. The van der Waals surface area contributed by atoms with Crippen molar-refractivity contribution in [1.29, 1.82) is 0 Å². The number of aromatic nitrogens is 1. The second-order valence-electron chi connectivity index (χ2n) is 6.76. The Kier molecular flexibility index (Phi) is 3.06. The van der Waals surface area contributed by atoms with Crippen LogP contribution in [0.25, 0.3) is 21.8 Å². The number of nitrogens with one attached hydrogen (secondary N) is 1. The molecule has 2 N–H and O–H groups in total. The number of aliphatic hydroxyl groups excluding tert-OH is 1. The maximum Gasteiger partial charge on any atom is 0.0795 e. The summed E-state index contributed by atoms with van der Waals surface area (Å²) in [5.41, 5.74) is 3.38. The van der Waals surface area contributed by atoms with Crippen LogP contribution < -0.4 is 0 Å². The SMILES string of the molecule is CC(C)(C)CC(O)c1ccc2[nH]c3ccccc3c2c1. The summed E-state index contributed by atoms with van der Waals surface area (Å²) in [4.78, 5) is 3.41. The van der Waals surface area contributed by atoms with E-state index in [1.54, 1.807) is 0 Å². The second kappa shape index (κ2) is 4.64. The quantitative estimate of drug-likeness (QED) is 0.688. The van der Waals surface area contributed by atoms with Crippen molar-refractivity contribution in [1.82, 2.24) is 4.98 Å². The van der Waals surface area contributed by atoms with Gasteiger partial charge in [0, 0.05) is 21.8 Å². The van der Waals surface area contributed by atoms with E-state index in [0.29, 0.717) is 0 Å². The van der Waals surface area contributed by atoms with Gasteiger partial charge in [0.1, 0.15) is 0 Å². The Labute approximate surface area is 119 Å². The van der Waals surface area contributed by atoms with Crippen molar-refractivity contribution in [3.8, 4) is 0 Å². The van der Waals surface area contributed by atoms with Crippen LogP contribution in [0.3, 0.4) is 0 Å². The van der Waals surface area contributed by atoms with Crippen LogP contribution in [0.2, 0.25) is 0 Å². The first kappa shape index (κ1) is 13.2. The van der Waals surface area contributed by atoms with E-state index >= 15 is 0 Å². The molecule has 0 saturated carbocycles. The van der Waals surface area contributed by atoms with Crippen LogP contribution in [0.15, 0.2) is 42.5 Å².